The SMILES string of the molecule is CCc1nnc2c(C(F)(F)F)c(CN3CCN(c4ccc(F)cc4F)CC3)ccn12. The number of alkyl halides is 3. The number of aryl methyl sites for hydroxylation is 1. The molecule has 0 spiro atoms. The van der Waals surface area contributed by atoms with Crippen LogP contribution in [0.25, 0.3) is 5.65 Å². The molecule has 160 valence electrons. The minimum atomic E-state index is -4.56. The highest BCUT2D eigenvalue weighted by molar-refractivity contribution is 5.54. The van der Waals surface area contributed by atoms with Gasteiger partial charge in [-0.2, -0.15) is 13.2 Å². The molecule has 0 N–H and O–H groups in total. The first-order chi connectivity index (χ1) is 14.3. The topological polar surface area (TPSA) is 36.7 Å². The fraction of sp³-hybridized carbons (Fsp3) is 0.400. The van der Waals surface area contributed by atoms with E-state index in [2.05, 4.69) is 10.2 Å². The van der Waals surface area contributed by atoms with Gasteiger partial charge in [0, 0.05) is 51.4 Å². The van der Waals surface area contributed by atoms with E-state index in [1.165, 1.54) is 22.6 Å². The Balaban J connectivity index is 1.54. The van der Waals surface area contributed by atoms with Gasteiger partial charge in [0.25, 0.3) is 0 Å². The molecule has 1 saturated heterocycles. The van der Waals surface area contributed by atoms with E-state index < -0.39 is 23.4 Å². The Labute approximate surface area is 169 Å². The third-order valence-corrected chi connectivity index (χ3v) is 5.35. The molecule has 1 aromatic carbocycles. The van der Waals surface area contributed by atoms with E-state index >= 15 is 0 Å². The summed E-state index contributed by atoms with van der Waals surface area (Å²) in [6.07, 6.45) is -2.52. The van der Waals surface area contributed by atoms with Crippen LogP contribution in [0.15, 0.2) is 30.5 Å². The number of aromatic nitrogens is 3. The van der Waals surface area contributed by atoms with Gasteiger partial charge in [-0.05, 0) is 23.8 Å². The summed E-state index contributed by atoms with van der Waals surface area (Å²) in [5, 5.41) is 7.64. The van der Waals surface area contributed by atoms with E-state index in [0.29, 0.717) is 44.1 Å². The predicted octanol–water partition coefficient (Wildman–Crippen LogP) is 3.91. The summed E-state index contributed by atoms with van der Waals surface area (Å²) in [5.74, 6) is -0.826. The second-order valence-electron chi connectivity index (χ2n) is 7.24. The van der Waals surface area contributed by atoms with Gasteiger partial charge in [0.2, 0.25) is 0 Å². The molecule has 0 radical (unpaired) electrons. The molecule has 0 atom stereocenters. The fourth-order valence-electron chi connectivity index (χ4n) is 3.85. The number of hydrogen-bond donors (Lipinski definition) is 0. The first-order valence-electron chi connectivity index (χ1n) is 9.63. The standard InChI is InChI=1S/C20H20F5N5/c1-2-17-26-27-19-18(20(23,24)25)13(5-6-30(17)19)12-28-7-9-29(10-8-28)16-4-3-14(21)11-15(16)22/h3-6,11H,2,7-10,12H2,1H3. The van der Waals surface area contributed by atoms with Crippen molar-refractivity contribution in [3.05, 3.63) is 59.0 Å². The number of piperazine rings is 1. The number of halogens is 5. The van der Waals surface area contributed by atoms with Crippen molar-refractivity contribution in [2.24, 2.45) is 0 Å². The van der Waals surface area contributed by atoms with E-state index in [9.17, 15) is 22.0 Å². The lowest BCUT2D eigenvalue weighted by Gasteiger charge is -2.36. The van der Waals surface area contributed by atoms with Crippen LogP contribution in [0.3, 0.4) is 0 Å². The Bertz CT molecular complexity index is 1050. The molecule has 0 unspecified atom stereocenters. The van der Waals surface area contributed by atoms with E-state index in [0.717, 1.165) is 6.07 Å². The molecule has 1 aliphatic heterocycles. The van der Waals surface area contributed by atoms with Crippen LogP contribution >= 0.6 is 0 Å². The number of rotatable bonds is 4. The maximum Gasteiger partial charge on any atom is 0.420 e. The minimum Gasteiger partial charge on any atom is -0.367 e. The van der Waals surface area contributed by atoms with Gasteiger partial charge in [0.1, 0.15) is 23.0 Å². The van der Waals surface area contributed by atoms with Gasteiger partial charge in [-0.25, -0.2) is 8.78 Å². The second-order valence-corrected chi connectivity index (χ2v) is 7.24. The number of anilines is 1. The summed E-state index contributed by atoms with van der Waals surface area (Å²) in [6.45, 7) is 3.66. The maximum atomic E-state index is 14.0. The number of fused-ring (bicyclic) bond motifs is 1. The molecule has 3 heterocycles. The summed E-state index contributed by atoms with van der Waals surface area (Å²) in [5.41, 5.74) is -0.538. The van der Waals surface area contributed by atoms with Gasteiger partial charge in [-0.15, -0.1) is 10.2 Å². The van der Waals surface area contributed by atoms with Crippen molar-refractivity contribution in [2.45, 2.75) is 26.1 Å². The predicted molar refractivity (Wildman–Crippen MR) is 101 cm³/mol. The third-order valence-electron chi connectivity index (χ3n) is 5.35. The van der Waals surface area contributed by atoms with Crippen LogP contribution in [0, 0.1) is 11.6 Å². The van der Waals surface area contributed by atoms with E-state index in [1.54, 1.807) is 18.0 Å². The molecule has 30 heavy (non-hydrogen) atoms. The molecule has 1 aliphatic rings. The highest BCUT2D eigenvalue weighted by Gasteiger charge is 2.38. The Morgan fingerprint density at radius 1 is 1.00 bits per heavy atom. The summed E-state index contributed by atoms with van der Waals surface area (Å²) >= 11 is 0. The summed E-state index contributed by atoms with van der Waals surface area (Å²) in [7, 11) is 0. The summed E-state index contributed by atoms with van der Waals surface area (Å²) in [4.78, 5) is 3.65. The van der Waals surface area contributed by atoms with Crippen molar-refractivity contribution >= 4 is 11.3 Å². The zero-order chi connectivity index (χ0) is 21.5. The van der Waals surface area contributed by atoms with Gasteiger partial charge in [0.15, 0.2) is 5.65 Å². The number of benzene rings is 1. The number of pyridine rings is 1. The van der Waals surface area contributed by atoms with Crippen molar-refractivity contribution in [2.75, 3.05) is 31.1 Å². The molecule has 5 nitrogen and oxygen atoms in total. The van der Waals surface area contributed by atoms with E-state index in [-0.39, 0.29) is 17.8 Å². The quantitative estimate of drug-likeness (QED) is 0.594. The first kappa shape index (κ1) is 20.5. The lowest BCUT2D eigenvalue weighted by molar-refractivity contribution is -0.137. The molecular weight excluding hydrogens is 405 g/mol. The van der Waals surface area contributed by atoms with Gasteiger partial charge in [-0.1, -0.05) is 6.92 Å². The highest BCUT2D eigenvalue weighted by atomic mass is 19.4. The summed E-state index contributed by atoms with van der Waals surface area (Å²) in [6, 6.07) is 4.87. The lowest BCUT2D eigenvalue weighted by Crippen LogP contribution is -2.46. The van der Waals surface area contributed by atoms with Crippen LogP contribution in [0.4, 0.5) is 27.6 Å². The first-order valence-corrected chi connectivity index (χ1v) is 9.63. The zero-order valence-corrected chi connectivity index (χ0v) is 16.3. The second kappa shape index (κ2) is 7.82. The van der Waals surface area contributed by atoms with Gasteiger partial charge < -0.3 is 4.90 Å². The molecule has 0 saturated carbocycles. The molecule has 0 aliphatic carbocycles. The van der Waals surface area contributed by atoms with Crippen molar-refractivity contribution in [3.63, 3.8) is 0 Å². The van der Waals surface area contributed by atoms with Crippen LogP contribution in [0.1, 0.15) is 23.9 Å². The normalized spacial score (nSPS) is 15.9. The van der Waals surface area contributed by atoms with Crippen molar-refractivity contribution in [1.29, 1.82) is 0 Å². The third kappa shape index (κ3) is 3.83. The van der Waals surface area contributed by atoms with Crippen molar-refractivity contribution in [3.8, 4) is 0 Å². The Kier molecular flexibility index (Phi) is 5.35. The monoisotopic (exact) mass is 425 g/mol. The van der Waals surface area contributed by atoms with Crippen LogP contribution in [-0.2, 0) is 19.1 Å². The minimum absolute atomic E-state index is 0.0966. The maximum absolute atomic E-state index is 14.0. The van der Waals surface area contributed by atoms with Crippen molar-refractivity contribution in [1.82, 2.24) is 19.5 Å². The number of nitrogens with zero attached hydrogens (tertiary/aromatic N) is 5. The Morgan fingerprint density at radius 2 is 1.73 bits per heavy atom. The van der Waals surface area contributed by atoms with Crippen LogP contribution in [-0.4, -0.2) is 45.7 Å². The van der Waals surface area contributed by atoms with Crippen LogP contribution in [0.2, 0.25) is 0 Å². The molecule has 3 aromatic rings. The average Bonchev–Trinajstić information content (AvgIpc) is 3.10. The molecule has 0 amide bonds. The zero-order valence-electron chi connectivity index (χ0n) is 16.3. The van der Waals surface area contributed by atoms with Crippen molar-refractivity contribution < 1.29 is 22.0 Å². The molecule has 4 rings (SSSR count). The number of hydrogen-bond acceptors (Lipinski definition) is 4. The Morgan fingerprint density at radius 3 is 2.37 bits per heavy atom. The molecule has 2 aromatic heterocycles. The van der Waals surface area contributed by atoms with Gasteiger partial charge in [0.05, 0.1) is 5.69 Å². The highest BCUT2D eigenvalue weighted by Crippen LogP contribution is 2.35. The molecule has 0 bridgehead atoms. The summed E-state index contributed by atoms with van der Waals surface area (Å²) < 4.78 is 70.0. The molecule has 10 heteroatoms. The molecule has 1 fully saturated rings. The largest absolute Gasteiger partial charge is 0.420 e. The Hall–Kier alpha value is -2.75. The fourth-order valence-corrected chi connectivity index (χ4v) is 3.85. The molecular formula is C20H20F5N5. The van der Waals surface area contributed by atoms with E-state index in [4.69, 9.17) is 0 Å². The smallest absolute Gasteiger partial charge is 0.367 e. The van der Waals surface area contributed by atoms with Crippen LogP contribution in [0.5, 0.6) is 0 Å². The average molecular weight is 425 g/mol. The van der Waals surface area contributed by atoms with Gasteiger partial charge >= 0.3 is 6.18 Å². The van der Waals surface area contributed by atoms with Gasteiger partial charge in [-0.3, -0.25) is 9.30 Å². The van der Waals surface area contributed by atoms with E-state index in [1.807, 2.05) is 4.90 Å². The van der Waals surface area contributed by atoms with Crippen LogP contribution < -0.4 is 4.90 Å². The lowest BCUT2D eigenvalue weighted by atomic mass is 10.1.